The molecule has 1 amide bonds. The number of piperidine rings is 1. The summed E-state index contributed by atoms with van der Waals surface area (Å²) in [6.45, 7) is 0.487. The molecule has 1 unspecified atom stereocenters. The van der Waals surface area contributed by atoms with Crippen molar-refractivity contribution in [2.75, 3.05) is 6.54 Å². The maximum Gasteiger partial charge on any atom is 0.326 e. The van der Waals surface area contributed by atoms with Crippen LogP contribution in [0.5, 0.6) is 0 Å². The molecule has 108 valence electrons. The van der Waals surface area contributed by atoms with Crippen LogP contribution in [0.3, 0.4) is 0 Å². The summed E-state index contributed by atoms with van der Waals surface area (Å²) in [7, 11) is 0. The highest BCUT2D eigenvalue weighted by molar-refractivity contribution is 6.35. The molecule has 1 aliphatic heterocycles. The van der Waals surface area contributed by atoms with Gasteiger partial charge in [-0.05, 0) is 37.0 Å². The van der Waals surface area contributed by atoms with Crippen LogP contribution < -0.4 is 0 Å². The van der Waals surface area contributed by atoms with Gasteiger partial charge >= 0.3 is 5.97 Å². The van der Waals surface area contributed by atoms with E-state index < -0.39 is 12.0 Å². The van der Waals surface area contributed by atoms with Gasteiger partial charge in [-0.3, -0.25) is 4.79 Å². The fourth-order valence-corrected chi connectivity index (χ4v) is 2.89. The van der Waals surface area contributed by atoms with Crippen molar-refractivity contribution >= 4 is 35.1 Å². The van der Waals surface area contributed by atoms with E-state index in [1.165, 1.54) is 4.90 Å². The van der Waals surface area contributed by atoms with E-state index in [2.05, 4.69) is 0 Å². The molecule has 1 aromatic rings. The minimum Gasteiger partial charge on any atom is -0.480 e. The van der Waals surface area contributed by atoms with Gasteiger partial charge in [-0.15, -0.1) is 0 Å². The molecular formula is C14H15Cl2NO3. The van der Waals surface area contributed by atoms with E-state index in [0.29, 0.717) is 28.6 Å². The molecule has 0 bridgehead atoms. The van der Waals surface area contributed by atoms with Crippen molar-refractivity contribution in [3.05, 3.63) is 33.8 Å². The van der Waals surface area contributed by atoms with Gasteiger partial charge in [0.05, 0.1) is 6.42 Å². The molecule has 20 heavy (non-hydrogen) atoms. The fraction of sp³-hybridized carbons (Fsp3) is 0.429. The maximum absolute atomic E-state index is 12.3. The van der Waals surface area contributed by atoms with E-state index in [-0.39, 0.29) is 12.3 Å². The van der Waals surface area contributed by atoms with Crippen molar-refractivity contribution in [1.82, 2.24) is 4.90 Å². The van der Waals surface area contributed by atoms with Crippen molar-refractivity contribution in [2.24, 2.45) is 0 Å². The molecule has 1 atom stereocenters. The summed E-state index contributed by atoms with van der Waals surface area (Å²) >= 11 is 11.8. The van der Waals surface area contributed by atoms with Crippen LogP contribution in [0.15, 0.2) is 18.2 Å². The summed E-state index contributed by atoms with van der Waals surface area (Å²) in [6, 6.07) is 4.22. The minimum atomic E-state index is -0.944. The number of carbonyl (C=O) groups is 2. The number of hydrogen-bond donors (Lipinski definition) is 1. The van der Waals surface area contributed by atoms with Crippen LogP contribution in [0.4, 0.5) is 0 Å². The Labute approximate surface area is 127 Å². The number of carboxylic acid groups (broad SMARTS) is 1. The van der Waals surface area contributed by atoms with Gasteiger partial charge in [0, 0.05) is 16.6 Å². The minimum absolute atomic E-state index is 0.0970. The lowest BCUT2D eigenvalue weighted by molar-refractivity contribution is -0.151. The maximum atomic E-state index is 12.3. The van der Waals surface area contributed by atoms with Crippen molar-refractivity contribution in [2.45, 2.75) is 31.7 Å². The highest BCUT2D eigenvalue weighted by Gasteiger charge is 2.31. The van der Waals surface area contributed by atoms with Gasteiger partial charge < -0.3 is 10.0 Å². The molecule has 2 rings (SSSR count). The van der Waals surface area contributed by atoms with Crippen molar-refractivity contribution in [3.63, 3.8) is 0 Å². The predicted molar refractivity (Wildman–Crippen MR) is 77.2 cm³/mol. The van der Waals surface area contributed by atoms with Gasteiger partial charge in [0.1, 0.15) is 6.04 Å². The molecule has 0 radical (unpaired) electrons. The second-order valence-corrected chi connectivity index (χ2v) is 5.69. The lowest BCUT2D eigenvalue weighted by Gasteiger charge is -2.33. The van der Waals surface area contributed by atoms with Crippen LogP contribution in [-0.2, 0) is 16.0 Å². The first-order valence-electron chi connectivity index (χ1n) is 6.45. The Morgan fingerprint density at radius 1 is 1.30 bits per heavy atom. The van der Waals surface area contributed by atoms with Gasteiger partial charge in [-0.1, -0.05) is 29.3 Å². The lowest BCUT2D eigenvalue weighted by Crippen LogP contribution is -2.48. The molecule has 0 saturated carbocycles. The topological polar surface area (TPSA) is 57.6 Å². The Bertz CT molecular complexity index is 533. The number of likely N-dealkylation sites (tertiary alicyclic amines) is 1. The first-order chi connectivity index (χ1) is 9.49. The quantitative estimate of drug-likeness (QED) is 0.932. The number of amides is 1. The number of nitrogens with zero attached hydrogens (tertiary/aromatic N) is 1. The second kappa shape index (κ2) is 6.46. The van der Waals surface area contributed by atoms with E-state index in [4.69, 9.17) is 23.2 Å². The normalized spacial score (nSPS) is 18.9. The molecular weight excluding hydrogens is 301 g/mol. The average Bonchev–Trinajstić information content (AvgIpc) is 2.41. The number of aliphatic carboxylic acids is 1. The summed E-state index contributed by atoms with van der Waals surface area (Å²) < 4.78 is 0. The van der Waals surface area contributed by atoms with Crippen molar-refractivity contribution in [3.8, 4) is 0 Å². The molecule has 0 spiro atoms. The number of halogens is 2. The smallest absolute Gasteiger partial charge is 0.326 e. The predicted octanol–water partition coefficient (Wildman–Crippen LogP) is 3.00. The Kier molecular flexibility index (Phi) is 4.89. The van der Waals surface area contributed by atoms with Crippen LogP contribution in [0.25, 0.3) is 0 Å². The number of carbonyl (C=O) groups excluding carboxylic acids is 1. The lowest BCUT2D eigenvalue weighted by atomic mass is 10.0. The Hall–Kier alpha value is -1.26. The Balaban J connectivity index is 2.12. The number of benzene rings is 1. The van der Waals surface area contributed by atoms with Crippen molar-refractivity contribution in [1.29, 1.82) is 0 Å². The first kappa shape index (κ1) is 15.1. The highest BCUT2D eigenvalue weighted by Crippen LogP contribution is 2.24. The summed E-state index contributed by atoms with van der Waals surface area (Å²) in [5, 5.41) is 10.1. The third kappa shape index (κ3) is 3.44. The molecule has 1 heterocycles. The average molecular weight is 316 g/mol. The van der Waals surface area contributed by atoms with Crippen LogP contribution in [0.2, 0.25) is 10.0 Å². The summed E-state index contributed by atoms with van der Waals surface area (Å²) in [6.07, 6.45) is 2.28. The number of rotatable bonds is 3. The summed E-state index contributed by atoms with van der Waals surface area (Å²) in [5.74, 6) is -1.15. The van der Waals surface area contributed by atoms with Crippen LogP contribution >= 0.6 is 23.2 Å². The SMILES string of the molecule is O=C(O)C1CCCCN1C(=O)Cc1ccc(Cl)cc1Cl. The third-order valence-corrected chi connectivity index (χ3v) is 4.05. The van der Waals surface area contributed by atoms with Crippen LogP contribution in [0.1, 0.15) is 24.8 Å². The zero-order valence-corrected chi connectivity index (χ0v) is 12.3. The third-order valence-electron chi connectivity index (χ3n) is 3.46. The summed E-state index contributed by atoms with van der Waals surface area (Å²) in [5.41, 5.74) is 0.663. The standard InChI is InChI=1S/C14H15Cl2NO3/c15-10-5-4-9(11(16)8-10)7-13(18)17-6-2-1-3-12(17)14(19)20/h4-5,8,12H,1-3,6-7H2,(H,19,20). The molecule has 1 aromatic carbocycles. The van der Waals surface area contributed by atoms with Gasteiger partial charge in [0.2, 0.25) is 5.91 Å². The second-order valence-electron chi connectivity index (χ2n) is 4.85. The van der Waals surface area contributed by atoms with Gasteiger partial charge in [-0.2, -0.15) is 0 Å². The van der Waals surface area contributed by atoms with E-state index in [1.807, 2.05) is 0 Å². The number of hydrogen-bond acceptors (Lipinski definition) is 2. The molecule has 1 aliphatic rings. The molecule has 1 fully saturated rings. The van der Waals surface area contributed by atoms with E-state index >= 15 is 0 Å². The van der Waals surface area contributed by atoms with E-state index in [9.17, 15) is 14.7 Å². The Morgan fingerprint density at radius 3 is 2.70 bits per heavy atom. The number of carboxylic acids is 1. The highest BCUT2D eigenvalue weighted by atomic mass is 35.5. The molecule has 6 heteroatoms. The van der Waals surface area contributed by atoms with Crippen LogP contribution in [-0.4, -0.2) is 34.5 Å². The largest absolute Gasteiger partial charge is 0.480 e. The van der Waals surface area contributed by atoms with Gasteiger partial charge in [0.25, 0.3) is 0 Å². The molecule has 0 aliphatic carbocycles. The molecule has 1 saturated heterocycles. The zero-order chi connectivity index (χ0) is 14.7. The first-order valence-corrected chi connectivity index (χ1v) is 7.21. The van der Waals surface area contributed by atoms with Gasteiger partial charge in [-0.25, -0.2) is 4.79 Å². The molecule has 1 N–H and O–H groups in total. The molecule has 4 nitrogen and oxygen atoms in total. The fourth-order valence-electron chi connectivity index (χ4n) is 2.42. The van der Waals surface area contributed by atoms with E-state index in [1.54, 1.807) is 18.2 Å². The van der Waals surface area contributed by atoms with Crippen LogP contribution in [0, 0.1) is 0 Å². The molecule has 0 aromatic heterocycles. The Morgan fingerprint density at radius 2 is 2.05 bits per heavy atom. The van der Waals surface area contributed by atoms with Gasteiger partial charge in [0.15, 0.2) is 0 Å². The monoisotopic (exact) mass is 315 g/mol. The van der Waals surface area contributed by atoms with Crippen molar-refractivity contribution < 1.29 is 14.7 Å². The van der Waals surface area contributed by atoms with E-state index in [0.717, 1.165) is 12.8 Å². The zero-order valence-electron chi connectivity index (χ0n) is 10.8. The summed E-state index contributed by atoms with van der Waals surface area (Å²) in [4.78, 5) is 24.9.